The monoisotopic (exact) mass is 299 g/mol. The zero-order valence-corrected chi connectivity index (χ0v) is 12.7. The highest BCUT2D eigenvalue weighted by Gasteiger charge is 2.56. The Morgan fingerprint density at radius 3 is 2.52 bits per heavy atom. The molecule has 0 radical (unpaired) electrons. The van der Waals surface area contributed by atoms with Crippen molar-refractivity contribution in [3.8, 4) is 0 Å². The van der Waals surface area contributed by atoms with Crippen LogP contribution in [0.2, 0.25) is 0 Å². The predicted octanol–water partition coefficient (Wildman–Crippen LogP) is 0.451. The first kappa shape index (κ1) is 15.2. The van der Waals surface area contributed by atoms with E-state index in [1.807, 2.05) is 0 Å². The molecule has 120 valence electrons. The Hall–Kier alpha value is -0.690. The molecule has 2 aliphatic carbocycles. The third-order valence-corrected chi connectivity index (χ3v) is 4.80. The van der Waals surface area contributed by atoms with Gasteiger partial charge >= 0.3 is 0 Å². The number of carbonyl (C=O) groups excluding carboxylic acids is 1. The Morgan fingerprint density at radius 2 is 1.86 bits per heavy atom. The summed E-state index contributed by atoms with van der Waals surface area (Å²) in [5.41, 5.74) is -1.58. The van der Waals surface area contributed by atoms with Gasteiger partial charge in [-0.1, -0.05) is 12.8 Å². The van der Waals surface area contributed by atoms with Crippen molar-refractivity contribution >= 4 is 5.91 Å². The lowest BCUT2D eigenvalue weighted by atomic mass is 9.79. The number of hydrogen-bond donors (Lipinski definition) is 3. The normalized spacial score (nSPS) is 42.8. The average Bonchev–Trinajstić information content (AvgIpc) is 2.95. The van der Waals surface area contributed by atoms with Gasteiger partial charge in [0.2, 0.25) is 0 Å². The van der Waals surface area contributed by atoms with Crippen molar-refractivity contribution in [3.05, 3.63) is 0 Å². The van der Waals surface area contributed by atoms with Gasteiger partial charge in [-0.3, -0.25) is 4.79 Å². The van der Waals surface area contributed by atoms with Gasteiger partial charge in [-0.2, -0.15) is 0 Å². The van der Waals surface area contributed by atoms with E-state index in [1.165, 1.54) is 0 Å². The maximum Gasteiger partial charge on any atom is 0.252 e. The van der Waals surface area contributed by atoms with Crippen LogP contribution in [0.5, 0.6) is 0 Å². The van der Waals surface area contributed by atoms with Crippen molar-refractivity contribution in [2.75, 3.05) is 0 Å². The highest BCUT2D eigenvalue weighted by atomic mass is 16.8. The SMILES string of the molecule is CC1(C)O[C@H]2[C@H](O)C[C@](O)(C(=O)NC3CCCC3)C[C@H]2O1. The molecular weight excluding hydrogens is 274 g/mol. The second kappa shape index (κ2) is 5.19. The van der Waals surface area contributed by atoms with Crippen LogP contribution in [0.25, 0.3) is 0 Å². The van der Waals surface area contributed by atoms with Crippen molar-refractivity contribution in [2.45, 2.75) is 88.1 Å². The number of nitrogens with one attached hydrogen (secondary N) is 1. The number of aliphatic hydroxyl groups excluding tert-OH is 1. The summed E-state index contributed by atoms with van der Waals surface area (Å²) in [6, 6.07) is 0.147. The lowest BCUT2D eigenvalue weighted by Gasteiger charge is -2.39. The van der Waals surface area contributed by atoms with E-state index in [4.69, 9.17) is 9.47 Å². The van der Waals surface area contributed by atoms with Crippen LogP contribution < -0.4 is 5.32 Å². The molecule has 4 atom stereocenters. The Balaban J connectivity index is 1.68. The Labute approximate surface area is 124 Å². The number of rotatable bonds is 2. The molecule has 0 bridgehead atoms. The minimum atomic E-state index is -1.58. The van der Waals surface area contributed by atoms with Crippen LogP contribution in [-0.4, -0.2) is 51.9 Å². The molecule has 0 aromatic rings. The number of carbonyl (C=O) groups is 1. The summed E-state index contributed by atoms with van der Waals surface area (Å²) in [6.45, 7) is 3.55. The molecule has 0 unspecified atom stereocenters. The number of aliphatic hydroxyl groups is 2. The van der Waals surface area contributed by atoms with Crippen molar-refractivity contribution in [1.29, 1.82) is 0 Å². The van der Waals surface area contributed by atoms with Crippen LogP contribution in [-0.2, 0) is 14.3 Å². The number of ether oxygens (including phenoxy) is 2. The summed E-state index contributed by atoms with van der Waals surface area (Å²) in [6.07, 6.45) is 2.48. The summed E-state index contributed by atoms with van der Waals surface area (Å²) in [5.74, 6) is -1.18. The zero-order chi connectivity index (χ0) is 15.3. The Kier molecular flexibility index (Phi) is 3.76. The summed E-state index contributed by atoms with van der Waals surface area (Å²) in [5, 5.41) is 23.8. The lowest BCUT2D eigenvalue weighted by Crippen LogP contribution is -2.59. The molecule has 0 spiro atoms. The summed E-state index contributed by atoms with van der Waals surface area (Å²) >= 11 is 0. The van der Waals surface area contributed by atoms with Crippen LogP contribution in [0.3, 0.4) is 0 Å². The van der Waals surface area contributed by atoms with Crippen LogP contribution in [0, 0.1) is 0 Å². The molecule has 1 saturated heterocycles. The van der Waals surface area contributed by atoms with E-state index in [1.54, 1.807) is 13.8 Å². The molecule has 0 aromatic heterocycles. The van der Waals surface area contributed by atoms with Crippen LogP contribution in [0.4, 0.5) is 0 Å². The van der Waals surface area contributed by atoms with Crippen molar-refractivity contribution in [1.82, 2.24) is 5.32 Å². The van der Waals surface area contributed by atoms with E-state index >= 15 is 0 Å². The van der Waals surface area contributed by atoms with Crippen LogP contribution in [0.1, 0.15) is 52.4 Å². The van der Waals surface area contributed by atoms with Crippen molar-refractivity contribution in [2.24, 2.45) is 0 Å². The smallest absolute Gasteiger partial charge is 0.252 e. The average molecular weight is 299 g/mol. The van der Waals surface area contributed by atoms with E-state index in [0.717, 1.165) is 25.7 Å². The quantitative estimate of drug-likeness (QED) is 0.689. The molecule has 3 N–H and O–H groups in total. The van der Waals surface area contributed by atoms with E-state index in [-0.39, 0.29) is 24.8 Å². The second-order valence-electron chi connectivity index (χ2n) is 7.10. The molecule has 1 heterocycles. The molecule has 1 amide bonds. The molecule has 2 saturated carbocycles. The Bertz CT molecular complexity index is 420. The third kappa shape index (κ3) is 2.95. The minimum absolute atomic E-state index is 0.00778. The van der Waals surface area contributed by atoms with Gasteiger partial charge in [0.1, 0.15) is 11.7 Å². The van der Waals surface area contributed by atoms with Crippen LogP contribution >= 0.6 is 0 Å². The lowest BCUT2D eigenvalue weighted by molar-refractivity contribution is -0.159. The van der Waals surface area contributed by atoms with Gasteiger partial charge in [-0.25, -0.2) is 0 Å². The fourth-order valence-electron chi connectivity index (χ4n) is 3.80. The molecule has 1 aliphatic heterocycles. The van der Waals surface area contributed by atoms with Crippen LogP contribution in [0.15, 0.2) is 0 Å². The van der Waals surface area contributed by atoms with Gasteiger partial charge in [0.05, 0.1) is 12.2 Å². The second-order valence-corrected chi connectivity index (χ2v) is 7.10. The predicted molar refractivity (Wildman–Crippen MR) is 74.4 cm³/mol. The highest BCUT2D eigenvalue weighted by molar-refractivity contribution is 5.85. The topological polar surface area (TPSA) is 88.0 Å². The number of hydrogen-bond acceptors (Lipinski definition) is 5. The van der Waals surface area contributed by atoms with E-state index in [2.05, 4.69) is 5.32 Å². The molecular formula is C15H25NO5. The number of fused-ring (bicyclic) bond motifs is 1. The molecule has 6 nitrogen and oxygen atoms in total. The summed E-state index contributed by atoms with van der Waals surface area (Å²) < 4.78 is 11.4. The molecule has 21 heavy (non-hydrogen) atoms. The standard InChI is InChI=1S/C15H25NO5/c1-14(2)20-11-8-15(19,7-10(17)12(11)21-14)13(18)16-9-5-3-4-6-9/h9-12,17,19H,3-8H2,1-2H3,(H,16,18)/t10-,11-,12+,15-/m1/s1. The van der Waals surface area contributed by atoms with E-state index in [0.29, 0.717) is 0 Å². The maximum absolute atomic E-state index is 12.4. The Morgan fingerprint density at radius 1 is 1.19 bits per heavy atom. The van der Waals surface area contributed by atoms with E-state index < -0.39 is 29.7 Å². The maximum atomic E-state index is 12.4. The minimum Gasteiger partial charge on any atom is -0.390 e. The van der Waals surface area contributed by atoms with Gasteiger partial charge < -0.3 is 25.0 Å². The first-order chi connectivity index (χ1) is 9.79. The molecule has 3 aliphatic rings. The highest BCUT2D eigenvalue weighted by Crippen LogP contribution is 2.41. The van der Waals surface area contributed by atoms with Gasteiger partial charge in [-0.15, -0.1) is 0 Å². The molecule has 3 rings (SSSR count). The first-order valence-electron chi connectivity index (χ1n) is 7.86. The zero-order valence-electron chi connectivity index (χ0n) is 12.7. The largest absolute Gasteiger partial charge is 0.390 e. The molecule has 6 heteroatoms. The third-order valence-electron chi connectivity index (χ3n) is 4.80. The summed E-state index contributed by atoms with van der Waals surface area (Å²) in [7, 11) is 0. The number of amides is 1. The van der Waals surface area contributed by atoms with Gasteiger partial charge in [0.25, 0.3) is 5.91 Å². The molecule has 0 aromatic carbocycles. The van der Waals surface area contributed by atoms with Gasteiger partial charge in [-0.05, 0) is 26.7 Å². The first-order valence-corrected chi connectivity index (χ1v) is 7.86. The fraction of sp³-hybridized carbons (Fsp3) is 0.933. The van der Waals surface area contributed by atoms with E-state index in [9.17, 15) is 15.0 Å². The van der Waals surface area contributed by atoms with Crippen molar-refractivity contribution < 1.29 is 24.5 Å². The van der Waals surface area contributed by atoms with Gasteiger partial charge in [0.15, 0.2) is 5.79 Å². The van der Waals surface area contributed by atoms with Crippen molar-refractivity contribution in [3.63, 3.8) is 0 Å². The fourth-order valence-corrected chi connectivity index (χ4v) is 3.80. The molecule has 3 fully saturated rings. The van der Waals surface area contributed by atoms with Gasteiger partial charge in [0, 0.05) is 18.9 Å². The summed E-state index contributed by atoms with van der Waals surface area (Å²) in [4.78, 5) is 12.4.